The van der Waals surface area contributed by atoms with Crippen molar-refractivity contribution in [2.24, 2.45) is 10.1 Å². The molecule has 2 aliphatic rings. The Labute approximate surface area is 145 Å². The van der Waals surface area contributed by atoms with E-state index in [0.29, 0.717) is 31.0 Å². The van der Waals surface area contributed by atoms with Crippen molar-refractivity contribution in [2.45, 2.75) is 13.3 Å². The summed E-state index contributed by atoms with van der Waals surface area (Å²) in [5, 5.41) is 8.26. The summed E-state index contributed by atoms with van der Waals surface area (Å²) in [5.74, 6) is 0.272. The second-order valence-corrected chi connectivity index (χ2v) is 5.55. The number of hydrogen-bond donors (Lipinski definition) is 1. The molecule has 8 nitrogen and oxygen atoms in total. The maximum absolute atomic E-state index is 12.3. The summed E-state index contributed by atoms with van der Waals surface area (Å²) >= 11 is 0. The summed E-state index contributed by atoms with van der Waals surface area (Å²) in [6.45, 7) is 2.64. The van der Waals surface area contributed by atoms with Gasteiger partial charge in [-0.1, -0.05) is 18.2 Å². The van der Waals surface area contributed by atoms with Crippen molar-refractivity contribution in [3.05, 3.63) is 41.7 Å². The van der Waals surface area contributed by atoms with E-state index < -0.39 is 0 Å². The lowest BCUT2D eigenvalue weighted by molar-refractivity contribution is -0.130. The molecule has 2 heterocycles. The number of hydrogen-bond acceptors (Lipinski definition) is 6. The van der Waals surface area contributed by atoms with Gasteiger partial charge in [0.1, 0.15) is 18.0 Å². The van der Waals surface area contributed by atoms with Gasteiger partial charge < -0.3 is 10.1 Å². The molecule has 0 unspecified atom stereocenters. The van der Waals surface area contributed by atoms with Crippen molar-refractivity contribution in [2.75, 3.05) is 19.7 Å². The highest BCUT2D eigenvalue weighted by molar-refractivity contribution is 6.07. The third kappa shape index (κ3) is 4.10. The van der Waals surface area contributed by atoms with Crippen molar-refractivity contribution in [3.63, 3.8) is 0 Å². The van der Waals surface area contributed by atoms with E-state index in [-0.39, 0.29) is 18.4 Å². The Kier molecular flexibility index (Phi) is 5.20. The first-order valence-corrected chi connectivity index (χ1v) is 7.99. The second kappa shape index (κ2) is 7.71. The van der Waals surface area contributed by atoms with Gasteiger partial charge in [0.25, 0.3) is 6.34 Å². The number of benzene rings is 1. The van der Waals surface area contributed by atoms with E-state index in [9.17, 15) is 9.59 Å². The monoisotopic (exact) mass is 341 g/mol. The molecule has 0 bridgehead atoms. The van der Waals surface area contributed by atoms with Gasteiger partial charge in [0.2, 0.25) is 5.91 Å². The molecule has 1 radical (unpaired) electrons. The summed E-state index contributed by atoms with van der Waals surface area (Å²) < 4.78 is 5.55. The molecule has 8 heteroatoms. The molecule has 1 aromatic carbocycles. The van der Waals surface area contributed by atoms with Crippen LogP contribution in [0.3, 0.4) is 0 Å². The van der Waals surface area contributed by atoms with Gasteiger partial charge in [-0.05, 0) is 30.6 Å². The summed E-state index contributed by atoms with van der Waals surface area (Å²) in [6.07, 6.45) is 3.49. The minimum absolute atomic E-state index is 0.0769. The Morgan fingerprint density at radius 1 is 1.32 bits per heavy atom. The van der Waals surface area contributed by atoms with Crippen LogP contribution in [0.4, 0.5) is 0 Å². The van der Waals surface area contributed by atoms with E-state index in [2.05, 4.69) is 15.4 Å². The summed E-state index contributed by atoms with van der Waals surface area (Å²) in [5.41, 5.74) is 0.969. The molecule has 2 amide bonds. The normalized spacial score (nSPS) is 16.4. The van der Waals surface area contributed by atoms with E-state index in [1.54, 1.807) is 6.92 Å². The van der Waals surface area contributed by atoms with Crippen LogP contribution in [-0.4, -0.2) is 49.1 Å². The van der Waals surface area contributed by atoms with E-state index in [1.165, 1.54) is 22.6 Å². The SMILES string of the molecule is CC1=C2C(=O)N(CC(=O)NCCCOc3ccccc3)C=N[N+]2C=N1. The van der Waals surface area contributed by atoms with Crippen LogP contribution in [0.1, 0.15) is 13.3 Å². The molecular formula is C17H19N5O3+. The molecule has 0 saturated carbocycles. The molecule has 2 aliphatic heterocycles. The zero-order valence-corrected chi connectivity index (χ0v) is 13.9. The van der Waals surface area contributed by atoms with Gasteiger partial charge in [-0.2, -0.15) is 4.99 Å². The fourth-order valence-electron chi connectivity index (χ4n) is 2.40. The number of aliphatic imine (C=N–C) groups is 1. The molecule has 0 aromatic heterocycles. The zero-order valence-electron chi connectivity index (χ0n) is 13.9. The molecule has 0 saturated heterocycles. The van der Waals surface area contributed by atoms with Crippen molar-refractivity contribution in [1.82, 2.24) is 15.2 Å². The first-order chi connectivity index (χ1) is 12.1. The molecule has 1 N–H and O–H groups in total. The first-order valence-electron chi connectivity index (χ1n) is 7.99. The number of allylic oxidation sites excluding steroid dienone is 1. The average molecular weight is 341 g/mol. The van der Waals surface area contributed by atoms with Gasteiger partial charge in [0.05, 0.1) is 11.6 Å². The highest BCUT2D eigenvalue weighted by atomic mass is 16.5. The van der Waals surface area contributed by atoms with Crippen LogP contribution >= 0.6 is 0 Å². The number of nitrogens with one attached hydrogen (secondary N) is 1. The number of fused-ring (bicyclic) bond motifs is 1. The number of nitrogens with zero attached hydrogens (tertiary/aromatic N) is 4. The van der Waals surface area contributed by atoms with Crippen molar-refractivity contribution in [1.29, 1.82) is 0 Å². The molecule has 3 rings (SSSR count). The third-order valence-corrected chi connectivity index (χ3v) is 3.68. The van der Waals surface area contributed by atoms with Crippen LogP contribution in [0.25, 0.3) is 0 Å². The Balaban J connectivity index is 1.39. The van der Waals surface area contributed by atoms with Gasteiger partial charge in [-0.15, -0.1) is 0 Å². The van der Waals surface area contributed by atoms with Crippen LogP contribution in [0, 0.1) is 0 Å². The van der Waals surface area contributed by atoms with E-state index >= 15 is 0 Å². The van der Waals surface area contributed by atoms with E-state index in [0.717, 1.165) is 5.75 Å². The maximum atomic E-state index is 12.3. The number of amides is 2. The number of hydrazone groups is 1. The highest BCUT2D eigenvalue weighted by Crippen LogP contribution is 2.19. The van der Waals surface area contributed by atoms with Gasteiger partial charge in [0, 0.05) is 6.54 Å². The van der Waals surface area contributed by atoms with Gasteiger partial charge in [0.15, 0.2) is 6.34 Å². The standard InChI is InChI=1S/C17H19N5O3/c1-13-16-17(24)21(12-20-22(16)11-19-13)10-15(23)18-8-5-9-25-14-6-3-2-4-7-14/h2-4,6-7,11-12H,5,8-10H2,1H3,(H,18,23)/q+1. The fraction of sp³-hybridized carbons (Fsp3) is 0.294. The van der Waals surface area contributed by atoms with Crippen LogP contribution in [0.5, 0.6) is 5.75 Å². The van der Waals surface area contributed by atoms with Gasteiger partial charge in [-0.25, -0.2) is 0 Å². The number of para-hydroxylation sites is 1. The zero-order chi connectivity index (χ0) is 17.6. The fourth-order valence-corrected chi connectivity index (χ4v) is 2.40. The number of rotatable bonds is 7. The molecule has 25 heavy (non-hydrogen) atoms. The summed E-state index contributed by atoms with van der Waals surface area (Å²) in [7, 11) is 0. The van der Waals surface area contributed by atoms with Gasteiger partial charge >= 0.3 is 11.6 Å². The Morgan fingerprint density at radius 3 is 2.92 bits per heavy atom. The van der Waals surface area contributed by atoms with E-state index in [1.807, 2.05) is 30.3 Å². The molecular weight excluding hydrogens is 322 g/mol. The Hall–Kier alpha value is -3.00. The van der Waals surface area contributed by atoms with Crippen molar-refractivity contribution < 1.29 is 14.3 Å². The first kappa shape index (κ1) is 16.8. The molecule has 0 fully saturated rings. The van der Waals surface area contributed by atoms with Crippen molar-refractivity contribution in [3.8, 4) is 5.75 Å². The predicted molar refractivity (Wildman–Crippen MR) is 93.1 cm³/mol. The summed E-state index contributed by atoms with van der Waals surface area (Å²) in [6, 6.07) is 9.50. The molecule has 129 valence electrons. The minimum Gasteiger partial charge on any atom is -0.494 e. The average Bonchev–Trinajstić information content (AvgIpc) is 3.00. The number of carbonyl (C=O) groups excluding carboxylic acids is 2. The van der Waals surface area contributed by atoms with Crippen LogP contribution < -0.4 is 15.1 Å². The quantitative estimate of drug-likeness (QED) is 0.587. The number of ether oxygens (including phenoxy) is 1. The van der Waals surface area contributed by atoms with Crippen LogP contribution in [0.15, 0.2) is 51.8 Å². The maximum Gasteiger partial charge on any atom is 0.324 e. The lowest BCUT2D eigenvalue weighted by Crippen LogP contribution is -2.46. The van der Waals surface area contributed by atoms with Crippen LogP contribution in [0.2, 0.25) is 0 Å². The second-order valence-electron chi connectivity index (χ2n) is 5.55. The van der Waals surface area contributed by atoms with E-state index in [4.69, 9.17) is 4.74 Å². The molecule has 0 aliphatic carbocycles. The Bertz CT molecular complexity index is 742. The highest BCUT2D eigenvalue weighted by Gasteiger charge is 2.42. The Morgan fingerprint density at radius 2 is 2.12 bits per heavy atom. The topological polar surface area (TPSA) is 89.3 Å². The lowest BCUT2D eigenvalue weighted by atomic mass is 10.3. The smallest absolute Gasteiger partial charge is 0.324 e. The summed E-state index contributed by atoms with van der Waals surface area (Å²) in [4.78, 5) is 29.7. The molecule has 1 aromatic rings. The number of carbonyl (C=O) groups is 2. The predicted octanol–water partition coefficient (Wildman–Crippen LogP) is 0.771. The third-order valence-electron chi connectivity index (χ3n) is 3.68. The van der Waals surface area contributed by atoms with Crippen LogP contribution in [-0.2, 0) is 9.59 Å². The molecule has 0 spiro atoms. The largest absolute Gasteiger partial charge is 0.494 e. The van der Waals surface area contributed by atoms with Crippen molar-refractivity contribution >= 4 is 24.5 Å². The molecule has 0 atom stereocenters. The van der Waals surface area contributed by atoms with Gasteiger partial charge in [-0.3, -0.25) is 14.5 Å². The minimum atomic E-state index is -0.285. The lowest BCUT2D eigenvalue weighted by Gasteiger charge is -2.18.